The number of carbonyl (C=O) groups is 1. The molecule has 186 valence electrons. The van der Waals surface area contributed by atoms with E-state index in [9.17, 15) is 35.2 Å². The Bertz CT molecular complexity index is 1220. The van der Waals surface area contributed by atoms with Crippen LogP contribution >= 0.6 is 0 Å². The maximum atomic E-state index is 14.4. The van der Waals surface area contributed by atoms with E-state index in [1.807, 2.05) is 0 Å². The third-order valence-corrected chi connectivity index (χ3v) is 6.67. The SMILES string of the molecule is COc1c([C@H]2[C@H](C(=O)Nc3ccnc(S(N)(=O)=O)c3)O[C@@](C)(C(F)(F)F)[C@H]2C)ccc(F)c1F. The highest BCUT2D eigenvalue weighted by molar-refractivity contribution is 7.89. The molecule has 0 radical (unpaired) electrons. The molecule has 1 saturated heterocycles. The maximum absolute atomic E-state index is 14.4. The van der Waals surface area contributed by atoms with E-state index in [-0.39, 0.29) is 11.3 Å². The van der Waals surface area contributed by atoms with E-state index in [0.717, 1.165) is 39.3 Å². The van der Waals surface area contributed by atoms with Crippen LogP contribution in [0.2, 0.25) is 0 Å². The second kappa shape index (κ2) is 8.74. The highest BCUT2D eigenvalue weighted by atomic mass is 32.2. The summed E-state index contributed by atoms with van der Waals surface area (Å²) >= 11 is 0. The molecule has 8 nitrogen and oxygen atoms in total. The molecule has 3 rings (SSSR count). The van der Waals surface area contributed by atoms with Crippen LogP contribution < -0.4 is 15.2 Å². The lowest BCUT2D eigenvalue weighted by molar-refractivity contribution is -0.272. The van der Waals surface area contributed by atoms with Crippen molar-refractivity contribution in [2.24, 2.45) is 11.1 Å². The summed E-state index contributed by atoms with van der Waals surface area (Å²) in [7, 11) is -3.23. The minimum atomic E-state index is -4.93. The number of benzene rings is 1. The molecule has 3 N–H and O–H groups in total. The van der Waals surface area contributed by atoms with Gasteiger partial charge in [0.05, 0.1) is 7.11 Å². The summed E-state index contributed by atoms with van der Waals surface area (Å²) in [6.45, 7) is 1.91. The summed E-state index contributed by atoms with van der Waals surface area (Å²) < 4.78 is 103. The summed E-state index contributed by atoms with van der Waals surface area (Å²) in [5.41, 5.74) is -3.18. The fourth-order valence-electron chi connectivity index (χ4n) is 3.90. The molecule has 4 atom stereocenters. The topological polar surface area (TPSA) is 121 Å². The van der Waals surface area contributed by atoms with Crippen LogP contribution in [0.4, 0.5) is 27.6 Å². The van der Waals surface area contributed by atoms with E-state index in [1.54, 1.807) is 0 Å². The Morgan fingerprint density at radius 1 is 1.26 bits per heavy atom. The van der Waals surface area contributed by atoms with Crippen molar-refractivity contribution in [3.8, 4) is 5.75 Å². The van der Waals surface area contributed by atoms with E-state index in [1.165, 1.54) is 6.07 Å². The molecule has 1 amide bonds. The molecule has 0 bridgehead atoms. The number of alkyl halides is 3. The molecule has 0 saturated carbocycles. The Hall–Kier alpha value is -2.84. The zero-order chi connectivity index (χ0) is 25.6. The van der Waals surface area contributed by atoms with Crippen LogP contribution in [0.15, 0.2) is 35.5 Å². The molecule has 0 unspecified atom stereocenters. The molecule has 1 aliphatic rings. The Morgan fingerprint density at radius 3 is 2.47 bits per heavy atom. The number of nitrogens with two attached hydrogens (primary N) is 1. The molecule has 1 fully saturated rings. The first-order valence-electron chi connectivity index (χ1n) is 9.68. The monoisotopic (exact) mass is 509 g/mol. The molecule has 0 aliphatic carbocycles. The number of hydrogen-bond donors (Lipinski definition) is 2. The van der Waals surface area contributed by atoms with E-state index < -0.39 is 68.1 Å². The summed E-state index contributed by atoms with van der Waals surface area (Å²) in [6.07, 6.45) is -5.75. The van der Waals surface area contributed by atoms with Crippen LogP contribution in [0.25, 0.3) is 0 Å². The Morgan fingerprint density at radius 2 is 1.91 bits per heavy atom. The van der Waals surface area contributed by atoms with Crippen LogP contribution in [0, 0.1) is 17.6 Å². The fourth-order valence-corrected chi connectivity index (χ4v) is 4.40. The van der Waals surface area contributed by atoms with Crippen molar-refractivity contribution >= 4 is 21.6 Å². The van der Waals surface area contributed by atoms with Crippen molar-refractivity contribution in [3.63, 3.8) is 0 Å². The summed E-state index contributed by atoms with van der Waals surface area (Å²) in [5, 5.41) is 6.68. The smallest absolute Gasteiger partial charge is 0.417 e. The maximum Gasteiger partial charge on any atom is 0.417 e. The number of rotatable bonds is 5. The highest BCUT2D eigenvalue weighted by Gasteiger charge is 2.65. The fraction of sp³-hybridized carbons (Fsp3) is 0.400. The van der Waals surface area contributed by atoms with E-state index in [4.69, 9.17) is 14.6 Å². The lowest BCUT2D eigenvalue weighted by atomic mass is 9.77. The van der Waals surface area contributed by atoms with Gasteiger partial charge in [-0.25, -0.2) is 22.9 Å². The van der Waals surface area contributed by atoms with Gasteiger partial charge in [0, 0.05) is 35.3 Å². The summed E-state index contributed by atoms with van der Waals surface area (Å²) in [4.78, 5) is 16.6. The number of pyridine rings is 1. The van der Waals surface area contributed by atoms with Gasteiger partial charge in [-0.15, -0.1) is 0 Å². The van der Waals surface area contributed by atoms with Crippen LogP contribution in [0.3, 0.4) is 0 Å². The first kappa shape index (κ1) is 25.8. The molecular weight excluding hydrogens is 489 g/mol. The third-order valence-electron chi connectivity index (χ3n) is 5.86. The van der Waals surface area contributed by atoms with Crippen molar-refractivity contribution in [3.05, 3.63) is 47.7 Å². The number of nitrogens with zero attached hydrogens (tertiary/aromatic N) is 1. The van der Waals surface area contributed by atoms with Crippen molar-refractivity contribution in [1.29, 1.82) is 0 Å². The first-order valence-corrected chi connectivity index (χ1v) is 11.2. The number of ether oxygens (including phenoxy) is 2. The Kier molecular flexibility index (Phi) is 6.63. The van der Waals surface area contributed by atoms with E-state index in [0.29, 0.717) is 6.07 Å². The predicted octanol–water partition coefficient (Wildman–Crippen LogP) is 3.09. The molecule has 2 aromatic rings. The number of anilines is 1. The van der Waals surface area contributed by atoms with Gasteiger partial charge in [0.2, 0.25) is 5.82 Å². The molecule has 1 aromatic heterocycles. The Balaban J connectivity index is 2.08. The van der Waals surface area contributed by atoms with Crippen LogP contribution in [-0.4, -0.2) is 44.3 Å². The van der Waals surface area contributed by atoms with Gasteiger partial charge in [-0.3, -0.25) is 4.79 Å². The Labute approximate surface area is 191 Å². The molecule has 0 spiro atoms. The zero-order valence-electron chi connectivity index (χ0n) is 18.0. The van der Waals surface area contributed by atoms with Gasteiger partial charge in [-0.1, -0.05) is 13.0 Å². The number of primary sulfonamides is 1. The number of hydrogen-bond acceptors (Lipinski definition) is 6. The van der Waals surface area contributed by atoms with Gasteiger partial charge in [0.25, 0.3) is 15.9 Å². The second-order valence-electron chi connectivity index (χ2n) is 7.86. The van der Waals surface area contributed by atoms with Gasteiger partial charge in [0.1, 0.15) is 6.10 Å². The van der Waals surface area contributed by atoms with Gasteiger partial charge in [0.15, 0.2) is 22.2 Å². The quantitative estimate of drug-likeness (QED) is 0.598. The number of carbonyl (C=O) groups excluding carboxylic acids is 1. The largest absolute Gasteiger partial charge is 0.493 e. The van der Waals surface area contributed by atoms with Crippen LogP contribution in [0.5, 0.6) is 5.75 Å². The lowest BCUT2D eigenvalue weighted by Gasteiger charge is -2.32. The molecule has 1 aromatic carbocycles. The highest BCUT2D eigenvalue weighted by Crippen LogP contribution is 2.55. The average molecular weight is 509 g/mol. The predicted molar refractivity (Wildman–Crippen MR) is 108 cm³/mol. The molecule has 1 aliphatic heterocycles. The minimum absolute atomic E-state index is 0.142. The first-order chi connectivity index (χ1) is 15.6. The van der Waals surface area contributed by atoms with Gasteiger partial charge < -0.3 is 14.8 Å². The van der Waals surface area contributed by atoms with Gasteiger partial charge in [-0.05, 0) is 19.1 Å². The van der Waals surface area contributed by atoms with Crippen molar-refractivity contribution in [1.82, 2.24) is 4.98 Å². The van der Waals surface area contributed by atoms with Gasteiger partial charge >= 0.3 is 6.18 Å². The minimum Gasteiger partial charge on any atom is -0.493 e. The van der Waals surface area contributed by atoms with Crippen LogP contribution in [0.1, 0.15) is 25.3 Å². The van der Waals surface area contributed by atoms with Crippen molar-refractivity contribution in [2.45, 2.75) is 42.7 Å². The normalized spacial score (nSPS) is 25.3. The standard InChI is InChI=1S/C20H20F5N3O5S/c1-9-14(11-4-5-12(21)15(22)16(11)32-3)17(33-19(9,2)20(23,24)25)18(29)28-10-6-7-27-13(8-10)34(26,30)31/h4-9,14,17H,1-3H3,(H2,26,30,31)(H,27,28,29)/t9-,14-,17+,19+/m0/s1. The average Bonchev–Trinajstić information content (AvgIpc) is 3.01. The van der Waals surface area contributed by atoms with Crippen molar-refractivity contribution < 1.29 is 44.6 Å². The molecule has 2 heterocycles. The van der Waals surface area contributed by atoms with E-state index >= 15 is 0 Å². The van der Waals surface area contributed by atoms with Gasteiger partial charge in [-0.2, -0.15) is 17.6 Å². The third kappa shape index (κ3) is 4.44. The summed E-state index contributed by atoms with van der Waals surface area (Å²) in [5.74, 6) is -7.35. The summed E-state index contributed by atoms with van der Waals surface area (Å²) in [6, 6.07) is 3.82. The number of sulfonamides is 1. The van der Waals surface area contributed by atoms with Crippen molar-refractivity contribution in [2.75, 3.05) is 12.4 Å². The number of halogens is 5. The number of methoxy groups -OCH3 is 1. The number of amides is 1. The zero-order valence-corrected chi connectivity index (χ0v) is 18.8. The number of nitrogens with one attached hydrogen (secondary N) is 1. The lowest BCUT2D eigenvalue weighted by Crippen LogP contribution is -2.47. The van der Waals surface area contributed by atoms with Crippen LogP contribution in [-0.2, 0) is 19.6 Å². The second-order valence-corrected chi connectivity index (χ2v) is 9.37. The molecular formula is C20H20F5N3O5S. The number of aromatic nitrogens is 1. The van der Waals surface area contributed by atoms with E-state index in [2.05, 4.69) is 10.3 Å². The molecule has 34 heavy (non-hydrogen) atoms. The molecule has 14 heteroatoms.